The van der Waals surface area contributed by atoms with Crippen molar-refractivity contribution >= 4 is 50.7 Å². The third-order valence-electron chi connectivity index (χ3n) is 5.57. The summed E-state index contributed by atoms with van der Waals surface area (Å²) in [7, 11) is 0. The monoisotopic (exact) mass is 587 g/mol. The highest BCUT2D eigenvalue weighted by Gasteiger charge is 2.13. The van der Waals surface area contributed by atoms with E-state index >= 15 is 0 Å². The van der Waals surface area contributed by atoms with Crippen molar-refractivity contribution in [3.8, 4) is 11.5 Å². The number of fused-ring (bicyclic) bond motifs is 1. The molecule has 0 atom stereocenters. The molecule has 0 spiro atoms. The van der Waals surface area contributed by atoms with Gasteiger partial charge in [-0.25, -0.2) is 10.2 Å². The lowest BCUT2D eigenvalue weighted by Crippen LogP contribution is -2.35. The maximum Gasteiger partial charge on any atom is 0.343 e. The highest BCUT2D eigenvalue weighted by atomic mass is 79.9. The molecule has 0 saturated carbocycles. The van der Waals surface area contributed by atoms with Crippen molar-refractivity contribution in [1.82, 2.24) is 10.7 Å². The van der Waals surface area contributed by atoms with Crippen molar-refractivity contribution in [1.29, 1.82) is 0 Å². The smallest absolute Gasteiger partial charge is 0.343 e. The third kappa shape index (κ3) is 7.52. The zero-order valence-corrected chi connectivity index (χ0v) is 22.7. The van der Waals surface area contributed by atoms with Crippen LogP contribution in [0.5, 0.6) is 11.5 Å². The van der Waals surface area contributed by atoms with Crippen molar-refractivity contribution in [3.63, 3.8) is 0 Å². The maximum absolute atomic E-state index is 12.7. The number of hydrogen-bond donors (Lipinski definition) is 2. The van der Waals surface area contributed by atoms with E-state index in [-0.39, 0.29) is 18.2 Å². The summed E-state index contributed by atoms with van der Waals surface area (Å²) >= 11 is 3.39. The number of nitrogens with one attached hydrogen (secondary N) is 2. The van der Waals surface area contributed by atoms with Gasteiger partial charge in [-0.15, -0.1) is 0 Å². The van der Waals surface area contributed by atoms with E-state index in [4.69, 9.17) is 9.47 Å². The number of ether oxygens (including phenoxy) is 2. The predicted molar refractivity (Wildman–Crippen MR) is 153 cm³/mol. The summed E-state index contributed by atoms with van der Waals surface area (Å²) in [6.07, 6.45) is 2.25. The lowest BCUT2D eigenvalue weighted by molar-refractivity contribution is -0.120. The minimum absolute atomic E-state index is 0.261. The molecule has 198 valence electrons. The second-order valence-corrected chi connectivity index (χ2v) is 9.36. The lowest BCUT2D eigenvalue weighted by atomic mass is 10.0. The van der Waals surface area contributed by atoms with Crippen molar-refractivity contribution in [2.45, 2.75) is 13.3 Å². The summed E-state index contributed by atoms with van der Waals surface area (Å²) in [5.74, 6) is -0.490. The number of amides is 2. The molecule has 0 bridgehead atoms. The number of carbonyl (C=O) groups excluding carboxylic acids is 3. The largest absolute Gasteiger partial charge is 0.494 e. The van der Waals surface area contributed by atoms with Crippen molar-refractivity contribution < 1.29 is 23.9 Å². The molecule has 0 unspecified atom stereocenters. The minimum Gasteiger partial charge on any atom is -0.494 e. The van der Waals surface area contributed by atoms with Gasteiger partial charge in [0, 0.05) is 15.6 Å². The van der Waals surface area contributed by atoms with Gasteiger partial charge < -0.3 is 14.8 Å². The standard InChI is InChI=1S/C30H26BrN3O5/c1-2-16-38-24-13-10-21(11-14-24)30(37)39-27-15-12-23(31)17-22(27)18-33-34-28(35)19-32-29(36)26-9-5-7-20-6-3-4-8-25(20)26/h3-15,17-18H,2,16,19H2,1H3,(H,32,36)(H,34,35). The Morgan fingerprint density at radius 2 is 1.72 bits per heavy atom. The van der Waals surface area contributed by atoms with Crippen molar-refractivity contribution in [2.24, 2.45) is 5.10 Å². The van der Waals surface area contributed by atoms with Crippen LogP contribution in [0.4, 0.5) is 0 Å². The first-order valence-corrected chi connectivity index (χ1v) is 13.1. The second-order valence-electron chi connectivity index (χ2n) is 8.45. The fourth-order valence-corrected chi connectivity index (χ4v) is 4.05. The van der Waals surface area contributed by atoms with Crippen LogP contribution in [-0.4, -0.2) is 37.1 Å². The molecule has 9 heteroatoms. The van der Waals surface area contributed by atoms with E-state index in [1.54, 1.807) is 54.6 Å². The highest BCUT2D eigenvalue weighted by Crippen LogP contribution is 2.23. The van der Waals surface area contributed by atoms with Gasteiger partial charge in [-0.05, 0) is 65.7 Å². The molecule has 0 fully saturated rings. The Labute approximate surface area is 234 Å². The van der Waals surface area contributed by atoms with Crippen molar-refractivity contribution in [3.05, 3.63) is 106 Å². The van der Waals surface area contributed by atoms with E-state index in [2.05, 4.69) is 31.8 Å². The number of hydrazone groups is 1. The van der Waals surface area contributed by atoms with Crippen LogP contribution in [0.3, 0.4) is 0 Å². The summed E-state index contributed by atoms with van der Waals surface area (Å²) in [6, 6.07) is 24.7. The number of hydrogen-bond acceptors (Lipinski definition) is 6. The van der Waals surface area contributed by atoms with Gasteiger partial charge in [-0.3, -0.25) is 9.59 Å². The second kappa shape index (κ2) is 13.3. The topological polar surface area (TPSA) is 106 Å². The summed E-state index contributed by atoms with van der Waals surface area (Å²) < 4.78 is 11.8. The average Bonchev–Trinajstić information content (AvgIpc) is 2.96. The molecule has 4 aromatic rings. The number of rotatable bonds is 10. The molecule has 8 nitrogen and oxygen atoms in total. The Bertz CT molecular complexity index is 1510. The fourth-order valence-electron chi connectivity index (χ4n) is 3.67. The molecule has 0 aliphatic heterocycles. The zero-order chi connectivity index (χ0) is 27.6. The Hall–Kier alpha value is -4.50. The SMILES string of the molecule is CCCOc1ccc(C(=O)Oc2ccc(Br)cc2C=NNC(=O)CNC(=O)c2cccc3ccccc23)cc1. The minimum atomic E-state index is -0.547. The van der Waals surface area contributed by atoms with Crippen LogP contribution in [0.2, 0.25) is 0 Å². The molecule has 4 rings (SSSR count). The van der Waals surface area contributed by atoms with E-state index in [0.29, 0.717) is 29.0 Å². The first-order chi connectivity index (χ1) is 18.9. The van der Waals surface area contributed by atoms with Gasteiger partial charge >= 0.3 is 5.97 Å². The summed E-state index contributed by atoms with van der Waals surface area (Å²) in [4.78, 5) is 37.6. The third-order valence-corrected chi connectivity index (χ3v) is 6.07. The molecule has 0 radical (unpaired) electrons. The lowest BCUT2D eigenvalue weighted by Gasteiger charge is -2.09. The molecule has 0 aromatic heterocycles. The summed E-state index contributed by atoms with van der Waals surface area (Å²) in [5, 5.41) is 8.30. The summed E-state index contributed by atoms with van der Waals surface area (Å²) in [5.41, 5.74) is 3.68. The van der Waals surface area contributed by atoms with Gasteiger partial charge in [0.25, 0.3) is 11.8 Å². The number of halogens is 1. The van der Waals surface area contributed by atoms with Gasteiger partial charge in [-0.1, -0.05) is 59.3 Å². The molecule has 39 heavy (non-hydrogen) atoms. The zero-order valence-electron chi connectivity index (χ0n) is 21.1. The van der Waals surface area contributed by atoms with E-state index in [9.17, 15) is 14.4 Å². The number of benzene rings is 4. The molecular weight excluding hydrogens is 562 g/mol. The number of esters is 1. The first-order valence-electron chi connectivity index (χ1n) is 12.3. The van der Waals surface area contributed by atoms with Crippen LogP contribution in [0, 0.1) is 0 Å². The maximum atomic E-state index is 12.7. The fraction of sp³-hybridized carbons (Fsp3) is 0.133. The Balaban J connectivity index is 1.35. The van der Waals surface area contributed by atoms with E-state index in [0.717, 1.165) is 21.7 Å². The normalized spacial score (nSPS) is 10.8. The first kappa shape index (κ1) is 27.5. The van der Waals surface area contributed by atoms with Crippen LogP contribution < -0.4 is 20.2 Å². The molecule has 0 saturated heterocycles. The van der Waals surface area contributed by atoms with Crippen LogP contribution in [0.25, 0.3) is 10.8 Å². The molecule has 4 aromatic carbocycles. The van der Waals surface area contributed by atoms with Crippen LogP contribution in [0.1, 0.15) is 39.6 Å². The molecule has 2 N–H and O–H groups in total. The Morgan fingerprint density at radius 3 is 2.51 bits per heavy atom. The quantitative estimate of drug-likeness (QED) is 0.110. The Morgan fingerprint density at radius 1 is 0.949 bits per heavy atom. The van der Waals surface area contributed by atoms with Gasteiger partial charge in [0.2, 0.25) is 0 Å². The van der Waals surface area contributed by atoms with Crippen LogP contribution >= 0.6 is 15.9 Å². The molecule has 0 aliphatic rings. The van der Waals surface area contributed by atoms with E-state index in [1.165, 1.54) is 6.21 Å². The van der Waals surface area contributed by atoms with Gasteiger partial charge in [-0.2, -0.15) is 5.10 Å². The number of carbonyl (C=O) groups is 3. The van der Waals surface area contributed by atoms with E-state index in [1.807, 2.05) is 37.3 Å². The highest BCUT2D eigenvalue weighted by molar-refractivity contribution is 9.10. The molecule has 2 amide bonds. The molecular formula is C30H26BrN3O5. The number of nitrogens with zero attached hydrogens (tertiary/aromatic N) is 1. The summed E-state index contributed by atoms with van der Waals surface area (Å²) in [6.45, 7) is 2.35. The average molecular weight is 588 g/mol. The van der Waals surface area contributed by atoms with Crippen LogP contribution in [-0.2, 0) is 4.79 Å². The van der Waals surface area contributed by atoms with Gasteiger partial charge in [0.05, 0.1) is 24.9 Å². The molecule has 0 heterocycles. The molecule has 0 aliphatic carbocycles. The Kier molecular flexibility index (Phi) is 9.42. The van der Waals surface area contributed by atoms with Gasteiger partial charge in [0.15, 0.2) is 0 Å². The van der Waals surface area contributed by atoms with E-state index < -0.39 is 11.9 Å². The van der Waals surface area contributed by atoms with Gasteiger partial charge in [0.1, 0.15) is 11.5 Å². The van der Waals surface area contributed by atoms with Crippen molar-refractivity contribution in [2.75, 3.05) is 13.2 Å². The predicted octanol–water partition coefficient (Wildman–Crippen LogP) is 5.49. The van der Waals surface area contributed by atoms with Crippen LogP contribution in [0.15, 0.2) is 94.5 Å².